The molecular formula is C22H20N2O2S2. The van der Waals surface area contributed by atoms with Gasteiger partial charge in [-0.25, -0.2) is 0 Å². The van der Waals surface area contributed by atoms with Crippen LogP contribution in [0.4, 0.5) is 5.69 Å². The van der Waals surface area contributed by atoms with E-state index in [0.29, 0.717) is 21.3 Å². The van der Waals surface area contributed by atoms with Crippen molar-refractivity contribution in [3.63, 3.8) is 0 Å². The second kappa shape index (κ2) is 7.18. The highest BCUT2D eigenvalue weighted by molar-refractivity contribution is 8.26. The van der Waals surface area contributed by atoms with Gasteiger partial charge in [-0.05, 0) is 32.4 Å². The van der Waals surface area contributed by atoms with E-state index < -0.39 is 0 Å². The molecule has 0 unspecified atom stereocenters. The molecule has 142 valence electrons. The summed E-state index contributed by atoms with van der Waals surface area (Å²) in [5, 5.41) is 0. The van der Waals surface area contributed by atoms with Crippen LogP contribution >= 0.6 is 24.0 Å². The highest BCUT2D eigenvalue weighted by atomic mass is 32.2. The number of thiocarbonyl (C=S) groups is 1. The number of hydrogen-bond acceptors (Lipinski definition) is 4. The van der Waals surface area contributed by atoms with E-state index in [4.69, 9.17) is 12.2 Å². The molecule has 0 spiro atoms. The van der Waals surface area contributed by atoms with Crippen molar-refractivity contribution < 1.29 is 9.59 Å². The van der Waals surface area contributed by atoms with Crippen LogP contribution in [0.1, 0.15) is 30.5 Å². The lowest BCUT2D eigenvalue weighted by Gasteiger charge is -2.18. The summed E-state index contributed by atoms with van der Waals surface area (Å²) in [7, 11) is 0. The van der Waals surface area contributed by atoms with Gasteiger partial charge in [0.1, 0.15) is 4.32 Å². The van der Waals surface area contributed by atoms with Crippen molar-refractivity contribution >= 4 is 51.4 Å². The van der Waals surface area contributed by atoms with Gasteiger partial charge in [0.25, 0.3) is 11.8 Å². The van der Waals surface area contributed by atoms with Gasteiger partial charge in [0.2, 0.25) is 0 Å². The van der Waals surface area contributed by atoms with Crippen molar-refractivity contribution in [2.24, 2.45) is 0 Å². The fraction of sp³-hybridized carbons (Fsp3) is 0.227. The third-order valence-corrected chi connectivity index (χ3v) is 6.33. The molecule has 1 fully saturated rings. The number of anilines is 1. The molecule has 2 aliphatic heterocycles. The third kappa shape index (κ3) is 3.06. The molecule has 2 aliphatic rings. The Balaban J connectivity index is 1.78. The van der Waals surface area contributed by atoms with Crippen LogP contribution in [0.3, 0.4) is 0 Å². The average Bonchev–Trinajstić information content (AvgIpc) is 3.10. The first kappa shape index (κ1) is 18.9. The van der Waals surface area contributed by atoms with Crippen LogP contribution in [0.2, 0.25) is 0 Å². The van der Waals surface area contributed by atoms with E-state index in [1.165, 1.54) is 17.3 Å². The Morgan fingerprint density at radius 1 is 1.00 bits per heavy atom. The van der Waals surface area contributed by atoms with Gasteiger partial charge in [0.15, 0.2) is 0 Å². The van der Waals surface area contributed by atoms with Crippen molar-refractivity contribution in [3.8, 4) is 0 Å². The topological polar surface area (TPSA) is 40.6 Å². The normalized spacial score (nSPS) is 19.2. The van der Waals surface area contributed by atoms with Crippen LogP contribution in [0.25, 0.3) is 5.57 Å². The van der Waals surface area contributed by atoms with E-state index in [1.807, 2.05) is 69.3 Å². The van der Waals surface area contributed by atoms with E-state index in [-0.39, 0.29) is 17.9 Å². The molecule has 0 radical (unpaired) electrons. The van der Waals surface area contributed by atoms with Crippen LogP contribution in [0, 0.1) is 6.92 Å². The molecule has 0 atom stereocenters. The van der Waals surface area contributed by atoms with Gasteiger partial charge in [-0.2, -0.15) is 0 Å². The average molecular weight is 409 g/mol. The lowest BCUT2D eigenvalue weighted by molar-refractivity contribution is -0.123. The van der Waals surface area contributed by atoms with E-state index >= 15 is 0 Å². The lowest BCUT2D eigenvalue weighted by Crippen LogP contribution is -2.34. The number of nitrogens with zero attached hydrogens (tertiary/aromatic N) is 2. The summed E-state index contributed by atoms with van der Waals surface area (Å²) in [5.74, 6) is -0.327. The fourth-order valence-corrected chi connectivity index (χ4v) is 5.10. The van der Waals surface area contributed by atoms with Crippen LogP contribution < -0.4 is 4.90 Å². The minimum Gasteiger partial charge on any atom is -0.303 e. The lowest BCUT2D eigenvalue weighted by atomic mass is 10.1. The smallest absolute Gasteiger partial charge is 0.267 e. The largest absolute Gasteiger partial charge is 0.303 e. The first-order valence-electron chi connectivity index (χ1n) is 9.15. The molecule has 1 saturated heterocycles. The molecule has 0 aromatic heterocycles. The molecule has 0 bridgehead atoms. The number of rotatable bonds is 3. The van der Waals surface area contributed by atoms with Crippen LogP contribution in [-0.2, 0) is 16.1 Å². The zero-order valence-corrected chi connectivity index (χ0v) is 17.6. The standard InChI is InChI=1S/C22H20N2O2S2/c1-13(2)24-21(26)19(28-22(24)27)18-16-6-4-5-7-17(16)23(20(18)25)12-15-10-8-14(3)9-11-15/h4-11,13H,12H2,1-3H3/b19-18+. The quantitative estimate of drug-likeness (QED) is 0.553. The molecule has 2 amide bonds. The monoisotopic (exact) mass is 408 g/mol. The Hall–Kier alpha value is -2.44. The minimum absolute atomic E-state index is 0.0407. The number of thioether (sulfide) groups is 1. The van der Waals surface area contributed by atoms with Gasteiger partial charge in [-0.1, -0.05) is 72.0 Å². The second-order valence-corrected chi connectivity index (χ2v) is 8.88. The molecule has 2 heterocycles. The maximum atomic E-state index is 13.4. The number of hydrogen-bond donors (Lipinski definition) is 0. The van der Waals surface area contributed by atoms with Gasteiger partial charge in [0.05, 0.1) is 22.7 Å². The van der Waals surface area contributed by atoms with E-state index in [2.05, 4.69) is 0 Å². The molecular weight excluding hydrogens is 388 g/mol. The zero-order chi connectivity index (χ0) is 20.0. The summed E-state index contributed by atoms with van der Waals surface area (Å²) in [5.41, 5.74) is 4.31. The SMILES string of the molecule is Cc1ccc(CN2C(=O)/C(=C3/SC(=S)N(C(C)C)C3=O)c3ccccc32)cc1. The van der Waals surface area contributed by atoms with Crippen molar-refractivity contribution in [2.45, 2.75) is 33.4 Å². The Morgan fingerprint density at radius 2 is 1.68 bits per heavy atom. The molecule has 2 aromatic carbocycles. The maximum absolute atomic E-state index is 13.4. The maximum Gasteiger partial charge on any atom is 0.267 e. The fourth-order valence-electron chi connectivity index (χ4n) is 3.51. The van der Waals surface area contributed by atoms with Crippen LogP contribution in [0.5, 0.6) is 0 Å². The molecule has 4 nitrogen and oxygen atoms in total. The Labute approximate surface area is 174 Å². The molecule has 0 saturated carbocycles. The summed E-state index contributed by atoms with van der Waals surface area (Å²) in [6.45, 7) is 6.35. The Kier molecular flexibility index (Phi) is 4.85. The third-order valence-electron chi connectivity index (χ3n) is 4.93. The predicted octanol–water partition coefficient (Wildman–Crippen LogP) is 4.52. The van der Waals surface area contributed by atoms with Gasteiger partial charge >= 0.3 is 0 Å². The minimum atomic E-state index is -0.180. The summed E-state index contributed by atoms with van der Waals surface area (Å²) in [6, 6.07) is 15.7. The molecule has 4 rings (SSSR count). The van der Waals surface area contributed by atoms with E-state index in [0.717, 1.165) is 16.8 Å². The summed E-state index contributed by atoms with van der Waals surface area (Å²) in [4.78, 5) is 30.1. The Bertz CT molecular complexity index is 1030. The zero-order valence-electron chi connectivity index (χ0n) is 15.9. The van der Waals surface area contributed by atoms with Crippen molar-refractivity contribution in [3.05, 3.63) is 70.1 Å². The van der Waals surface area contributed by atoms with Gasteiger partial charge in [-0.15, -0.1) is 0 Å². The second-order valence-electron chi connectivity index (χ2n) is 7.24. The summed E-state index contributed by atoms with van der Waals surface area (Å²) in [6.07, 6.45) is 0. The predicted molar refractivity (Wildman–Crippen MR) is 118 cm³/mol. The molecule has 2 aromatic rings. The number of benzene rings is 2. The summed E-state index contributed by atoms with van der Waals surface area (Å²) < 4.78 is 0.504. The van der Waals surface area contributed by atoms with Gasteiger partial charge in [0, 0.05) is 11.6 Å². The molecule has 0 aliphatic carbocycles. The highest BCUT2D eigenvalue weighted by Crippen LogP contribution is 2.45. The van der Waals surface area contributed by atoms with Crippen molar-refractivity contribution in [2.75, 3.05) is 4.90 Å². The number of amides is 2. The molecule has 6 heteroatoms. The number of para-hydroxylation sites is 1. The Morgan fingerprint density at radius 3 is 2.32 bits per heavy atom. The van der Waals surface area contributed by atoms with Gasteiger partial charge < -0.3 is 4.90 Å². The molecule has 28 heavy (non-hydrogen) atoms. The van der Waals surface area contributed by atoms with Gasteiger partial charge in [-0.3, -0.25) is 14.5 Å². The van der Waals surface area contributed by atoms with E-state index in [1.54, 1.807) is 9.80 Å². The number of aryl methyl sites for hydroxylation is 1. The van der Waals surface area contributed by atoms with Crippen LogP contribution in [-0.4, -0.2) is 27.1 Å². The highest BCUT2D eigenvalue weighted by Gasteiger charge is 2.42. The van der Waals surface area contributed by atoms with Crippen LogP contribution in [0.15, 0.2) is 53.4 Å². The number of carbonyl (C=O) groups is 2. The summed E-state index contributed by atoms with van der Waals surface area (Å²) >= 11 is 6.62. The first-order valence-corrected chi connectivity index (χ1v) is 10.4. The van der Waals surface area contributed by atoms with Crippen molar-refractivity contribution in [1.29, 1.82) is 0 Å². The molecule has 0 N–H and O–H groups in total. The van der Waals surface area contributed by atoms with E-state index in [9.17, 15) is 9.59 Å². The number of fused-ring (bicyclic) bond motifs is 1. The van der Waals surface area contributed by atoms with Crippen molar-refractivity contribution in [1.82, 2.24) is 4.90 Å². The number of carbonyl (C=O) groups excluding carboxylic acids is 2. The first-order chi connectivity index (χ1) is 13.4.